The van der Waals surface area contributed by atoms with Gasteiger partial charge in [0, 0.05) is 11.2 Å². The molecule has 0 fully saturated rings. The third-order valence-electron chi connectivity index (χ3n) is 2.90. The molecule has 1 aromatic carbocycles. The Balaban J connectivity index is 1.92. The molecule has 0 saturated carbocycles. The van der Waals surface area contributed by atoms with E-state index in [1.54, 1.807) is 23.9 Å². The summed E-state index contributed by atoms with van der Waals surface area (Å²) in [6.45, 7) is 3.71. The molecule has 2 rings (SSSR count). The Bertz CT molecular complexity index is 675. The fraction of sp³-hybridized carbons (Fsp3) is 0.333. The standard InChI is InChI=1S/C15H19NO3S2/c1-3-16-10-12-4-5-13(19-12)11-20-14-6-8-15(9-7-14)21(2,17)18/h4-9,16H,3,10-11H2,1-2H3. The van der Waals surface area contributed by atoms with E-state index >= 15 is 0 Å². The molecule has 0 aliphatic rings. The number of hydrogen-bond acceptors (Lipinski definition) is 5. The SMILES string of the molecule is CCNCc1ccc(CSc2ccc(S(C)(=O)=O)cc2)o1. The van der Waals surface area contributed by atoms with E-state index in [-0.39, 0.29) is 0 Å². The largest absolute Gasteiger partial charge is 0.464 e. The summed E-state index contributed by atoms with van der Waals surface area (Å²) in [5.74, 6) is 2.57. The van der Waals surface area contributed by atoms with Crippen LogP contribution in [0.4, 0.5) is 0 Å². The summed E-state index contributed by atoms with van der Waals surface area (Å²) < 4.78 is 28.5. The van der Waals surface area contributed by atoms with Crippen LogP contribution in [0.5, 0.6) is 0 Å². The normalized spacial score (nSPS) is 11.7. The van der Waals surface area contributed by atoms with Gasteiger partial charge < -0.3 is 9.73 Å². The lowest BCUT2D eigenvalue weighted by Crippen LogP contribution is -2.10. The molecule has 0 aliphatic carbocycles. The smallest absolute Gasteiger partial charge is 0.175 e. The summed E-state index contributed by atoms with van der Waals surface area (Å²) in [4.78, 5) is 1.37. The van der Waals surface area contributed by atoms with Crippen LogP contribution in [0, 0.1) is 0 Å². The van der Waals surface area contributed by atoms with Crippen LogP contribution >= 0.6 is 11.8 Å². The molecule has 0 aliphatic heterocycles. The van der Waals surface area contributed by atoms with Gasteiger partial charge in [0.25, 0.3) is 0 Å². The maximum atomic E-state index is 11.4. The number of sulfone groups is 1. The van der Waals surface area contributed by atoms with Gasteiger partial charge in [-0.25, -0.2) is 8.42 Å². The Labute approximate surface area is 129 Å². The Morgan fingerprint density at radius 2 is 1.76 bits per heavy atom. The second-order valence-electron chi connectivity index (χ2n) is 4.68. The first-order chi connectivity index (χ1) is 9.99. The zero-order chi connectivity index (χ0) is 15.3. The van der Waals surface area contributed by atoms with Gasteiger partial charge in [0.15, 0.2) is 9.84 Å². The lowest BCUT2D eigenvalue weighted by Gasteiger charge is -2.02. The highest BCUT2D eigenvalue weighted by Crippen LogP contribution is 2.25. The summed E-state index contributed by atoms with van der Waals surface area (Å²) in [7, 11) is -3.13. The van der Waals surface area contributed by atoms with Gasteiger partial charge in [-0.1, -0.05) is 6.92 Å². The van der Waals surface area contributed by atoms with E-state index in [2.05, 4.69) is 12.2 Å². The van der Waals surface area contributed by atoms with Gasteiger partial charge in [0.2, 0.25) is 0 Å². The van der Waals surface area contributed by atoms with E-state index in [9.17, 15) is 8.42 Å². The number of furan rings is 1. The van der Waals surface area contributed by atoms with Gasteiger partial charge in [-0.05, 0) is 42.9 Å². The highest BCUT2D eigenvalue weighted by atomic mass is 32.2. The third kappa shape index (κ3) is 4.91. The van der Waals surface area contributed by atoms with E-state index in [0.717, 1.165) is 35.3 Å². The van der Waals surface area contributed by atoms with Crippen LogP contribution in [0.2, 0.25) is 0 Å². The minimum absolute atomic E-state index is 0.345. The number of rotatable bonds is 7. The van der Waals surface area contributed by atoms with Crippen LogP contribution in [0.3, 0.4) is 0 Å². The van der Waals surface area contributed by atoms with Crippen molar-refractivity contribution < 1.29 is 12.8 Å². The maximum Gasteiger partial charge on any atom is 0.175 e. The van der Waals surface area contributed by atoms with E-state index in [1.807, 2.05) is 24.3 Å². The van der Waals surface area contributed by atoms with Crippen LogP contribution in [0.15, 0.2) is 50.6 Å². The van der Waals surface area contributed by atoms with Crippen LogP contribution < -0.4 is 5.32 Å². The molecular weight excluding hydrogens is 306 g/mol. The van der Waals surface area contributed by atoms with Crippen molar-refractivity contribution in [3.05, 3.63) is 47.9 Å². The van der Waals surface area contributed by atoms with Crippen LogP contribution in [-0.2, 0) is 22.1 Å². The van der Waals surface area contributed by atoms with Crippen molar-refractivity contribution in [3.8, 4) is 0 Å². The second kappa shape index (κ2) is 7.15. The molecule has 0 radical (unpaired) electrons. The Hall–Kier alpha value is -1.24. The average Bonchev–Trinajstić information content (AvgIpc) is 2.90. The van der Waals surface area contributed by atoms with Crippen molar-refractivity contribution in [2.45, 2.75) is 29.0 Å². The summed E-state index contributed by atoms with van der Waals surface area (Å²) in [6, 6.07) is 10.9. The molecule has 0 amide bonds. The quantitative estimate of drug-likeness (QED) is 0.793. The fourth-order valence-electron chi connectivity index (χ4n) is 1.78. The molecule has 0 saturated heterocycles. The van der Waals surface area contributed by atoms with E-state index < -0.39 is 9.84 Å². The molecule has 1 N–H and O–H groups in total. The van der Waals surface area contributed by atoms with Gasteiger partial charge in [0.1, 0.15) is 11.5 Å². The Morgan fingerprint density at radius 3 is 2.38 bits per heavy atom. The molecule has 2 aromatic rings. The van der Waals surface area contributed by atoms with Crippen molar-refractivity contribution in [1.82, 2.24) is 5.32 Å². The molecule has 114 valence electrons. The van der Waals surface area contributed by atoms with E-state index in [1.165, 1.54) is 6.26 Å². The number of benzene rings is 1. The second-order valence-corrected chi connectivity index (χ2v) is 7.75. The molecule has 1 heterocycles. The molecule has 0 bridgehead atoms. The zero-order valence-corrected chi connectivity index (χ0v) is 13.8. The first-order valence-electron chi connectivity index (χ1n) is 6.70. The summed E-state index contributed by atoms with van der Waals surface area (Å²) in [6.07, 6.45) is 1.21. The molecule has 0 spiro atoms. The molecular formula is C15H19NO3S2. The van der Waals surface area contributed by atoms with Gasteiger partial charge in [-0.15, -0.1) is 11.8 Å². The highest BCUT2D eigenvalue weighted by Gasteiger charge is 2.07. The molecule has 6 heteroatoms. The minimum atomic E-state index is -3.13. The van der Waals surface area contributed by atoms with Crippen LogP contribution in [0.1, 0.15) is 18.4 Å². The lowest BCUT2D eigenvalue weighted by molar-refractivity contribution is 0.463. The molecule has 1 aromatic heterocycles. The zero-order valence-electron chi connectivity index (χ0n) is 12.1. The van der Waals surface area contributed by atoms with Crippen molar-refractivity contribution >= 4 is 21.6 Å². The lowest BCUT2D eigenvalue weighted by atomic mass is 10.4. The predicted molar refractivity (Wildman–Crippen MR) is 85.2 cm³/mol. The predicted octanol–water partition coefficient (Wildman–Crippen LogP) is 3.08. The highest BCUT2D eigenvalue weighted by molar-refractivity contribution is 7.98. The topological polar surface area (TPSA) is 59.3 Å². The average molecular weight is 325 g/mol. The third-order valence-corrected chi connectivity index (χ3v) is 5.06. The summed E-state index contributed by atoms with van der Waals surface area (Å²) in [5.41, 5.74) is 0. The first-order valence-corrected chi connectivity index (χ1v) is 9.58. The van der Waals surface area contributed by atoms with Crippen LogP contribution in [-0.4, -0.2) is 21.2 Å². The van der Waals surface area contributed by atoms with Gasteiger partial charge in [-0.3, -0.25) is 0 Å². The number of nitrogens with one attached hydrogen (secondary N) is 1. The maximum absolute atomic E-state index is 11.4. The monoisotopic (exact) mass is 325 g/mol. The van der Waals surface area contributed by atoms with Crippen LogP contribution in [0.25, 0.3) is 0 Å². The molecule has 21 heavy (non-hydrogen) atoms. The fourth-order valence-corrected chi connectivity index (χ4v) is 3.20. The van der Waals surface area contributed by atoms with E-state index in [0.29, 0.717) is 4.90 Å². The Kier molecular flexibility index (Phi) is 5.50. The van der Waals surface area contributed by atoms with Crippen molar-refractivity contribution in [1.29, 1.82) is 0 Å². The van der Waals surface area contributed by atoms with Gasteiger partial charge in [-0.2, -0.15) is 0 Å². The molecule has 0 unspecified atom stereocenters. The summed E-state index contributed by atoms with van der Waals surface area (Å²) >= 11 is 1.62. The molecule has 0 atom stereocenters. The molecule has 4 nitrogen and oxygen atoms in total. The first kappa shape index (κ1) is 16.1. The number of thioether (sulfide) groups is 1. The van der Waals surface area contributed by atoms with Crippen molar-refractivity contribution in [2.24, 2.45) is 0 Å². The van der Waals surface area contributed by atoms with Gasteiger partial charge >= 0.3 is 0 Å². The van der Waals surface area contributed by atoms with E-state index in [4.69, 9.17) is 4.42 Å². The Morgan fingerprint density at radius 1 is 1.10 bits per heavy atom. The number of hydrogen-bond donors (Lipinski definition) is 1. The van der Waals surface area contributed by atoms with Crippen molar-refractivity contribution in [2.75, 3.05) is 12.8 Å². The van der Waals surface area contributed by atoms with Gasteiger partial charge in [0.05, 0.1) is 17.2 Å². The summed E-state index contributed by atoms with van der Waals surface area (Å²) in [5, 5.41) is 3.21. The van der Waals surface area contributed by atoms with Crippen molar-refractivity contribution in [3.63, 3.8) is 0 Å². The minimum Gasteiger partial charge on any atom is -0.464 e.